The molecule has 0 spiro atoms. The number of benzene rings is 1. The standard InChI is InChI=1S/C16H20N2O2/c19-16(20)15(18-9-5-1-2-6-10-18)13-11-17-14-8-4-3-7-12(13)14/h3-4,7-8,11,15,17H,1-2,5-6,9-10H2,(H,19,20)/t15-/m1/s1. The predicted octanol–water partition coefficient (Wildman–Crippen LogP) is 3.17. The SMILES string of the molecule is O=C(O)[C@@H](c1c[nH]c2ccccc12)N1CCCCCC1. The van der Waals surface area contributed by atoms with Crippen LogP contribution in [-0.4, -0.2) is 34.0 Å². The second-order valence-corrected chi connectivity index (χ2v) is 5.48. The number of likely N-dealkylation sites (tertiary alicyclic amines) is 1. The van der Waals surface area contributed by atoms with Crippen LogP contribution in [0.5, 0.6) is 0 Å². The second-order valence-electron chi connectivity index (χ2n) is 5.48. The van der Waals surface area contributed by atoms with Crippen LogP contribution >= 0.6 is 0 Å². The summed E-state index contributed by atoms with van der Waals surface area (Å²) >= 11 is 0. The summed E-state index contributed by atoms with van der Waals surface area (Å²) in [7, 11) is 0. The Bertz CT molecular complexity index is 597. The molecule has 4 heteroatoms. The minimum atomic E-state index is -0.753. The van der Waals surface area contributed by atoms with Gasteiger partial charge in [-0.05, 0) is 32.0 Å². The van der Waals surface area contributed by atoms with Crippen LogP contribution in [0.3, 0.4) is 0 Å². The molecule has 1 fully saturated rings. The Morgan fingerprint density at radius 2 is 1.85 bits per heavy atom. The van der Waals surface area contributed by atoms with Gasteiger partial charge in [0.25, 0.3) is 0 Å². The van der Waals surface area contributed by atoms with Crippen LogP contribution in [0.2, 0.25) is 0 Å². The molecule has 0 radical (unpaired) electrons. The number of para-hydroxylation sites is 1. The molecule has 1 aromatic carbocycles. The number of carboxylic acid groups (broad SMARTS) is 1. The molecule has 2 aromatic rings. The number of nitrogens with zero attached hydrogens (tertiary/aromatic N) is 1. The van der Waals surface area contributed by atoms with Gasteiger partial charge in [-0.25, -0.2) is 0 Å². The van der Waals surface area contributed by atoms with E-state index in [4.69, 9.17) is 0 Å². The summed E-state index contributed by atoms with van der Waals surface area (Å²) in [5.74, 6) is -0.753. The Kier molecular flexibility index (Phi) is 3.74. The van der Waals surface area contributed by atoms with Crippen LogP contribution in [0.1, 0.15) is 37.3 Å². The van der Waals surface area contributed by atoms with Crippen LogP contribution in [0.15, 0.2) is 30.5 Å². The summed E-state index contributed by atoms with van der Waals surface area (Å²) in [4.78, 5) is 17.1. The number of hydrogen-bond acceptors (Lipinski definition) is 2. The number of carboxylic acids is 1. The molecule has 0 amide bonds. The molecule has 1 aliphatic rings. The van der Waals surface area contributed by atoms with E-state index in [0.29, 0.717) is 0 Å². The third kappa shape index (κ3) is 2.43. The predicted molar refractivity (Wildman–Crippen MR) is 78.7 cm³/mol. The van der Waals surface area contributed by atoms with E-state index in [1.54, 1.807) is 0 Å². The lowest BCUT2D eigenvalue weighted by atomic mass is 10.0. The molecular formula is C16H20N2O2. The van der Waals surface area contributed by atoms with E-state index in [1.807, 2.05) is 30.5 Å². The Hall–Kier alpha value is -1.81. The minimum absolute atomic E-state index is 0.538. The number of aromatic nitrogens is 1. The van der Waals surface area contributed by atoms with Crippen LogP contribution in [0.4, 0.5) is 0 Å². The molecule has 20 heavy (non-hydrogen) atoms. The highest BCUT2D eigenvalue weighted by atomic mass is 16.4. The van der Waals surface area contributed by atoms with Crippen molar-refractivity contribution in [2.75, 3.05) is 13.1 Å². The second kappa shape index (κ2) is 5.67. The maximum atomic E-state index is 11.8. The Balaban J connectivity index is 1.99. The zero-order valence-electron chi connectivity index (χ0n) is 11.5. The fraction of sp³-hybridized carbons (Fsp3) is 0.438. The van der Waals surface area contributed by atoms with Crippen molar-refractivity contribution in [1.29, 1.82) is 0 Å². The molecule has 4 nitrogen and oxygen atoms in total. The molecule has 0 aliphatic carbocycles. The van der Waals surface area contributed by atoms with E-state index in [-0.39, 0.29) is 0 Å². The molecule has 2 heterocycles. The molecule has 1 aliphatic heterocycles. The van der Waals surface area contributed by atoms with E-state index in [2.05, 4.69) is 9.88 Å². The quantitative estimate of drug-likeness (QED) is 0.902. The molecule has 2 N–H and O–H groups in total. The number of H-pyrrole nitrogens is 1. The van der Waals surface area contributed by atoms with Crippen molar-refractivity contribution in [2.24, 2.45) is 0 Å². The van der Waals surface area contributed by atoms with Gasteiger partial charge in [0, 0.05) is 22.7 Å². The van der Waals surface area contributed by atoms with E-state index < -0.39 is 12.0 Å². The van der Waals surface area contributed by atoms with Crippen LogP contribution < -0.4 is 0 Å². The maximum absolute atomic E-state index is 11.8. The Labute approximate surface area is 118 Å². The molecule has 0 saturated carbocycles. The van der Waals surface area contributed by atoms with Gasteiger partial charge in [-0.3, -0.25) is 9.69 Å². The van der Waals surface area contributed by atoms with Gasteiger partial charge in [-0.2, -0.15) is 0 Å². The minimum Gasteiger partial charge on any atom is -0.480 e. The number of rotatable bonds is 3. The normalized spacial score (nSPS) is 18.8. The monoisotopic (exact) mass is 272 g/mol. The zero-order valence-corrected chi connectivity index (χ0v) is 11.5. The average molecular weight is 272 g/mol. The average Bonchev–Trinajstić information content (AvgIpc) is 2.68. The zero-order chi connectivity index (χ0) is 13.9. The van der Waals surface area contributed by atoms with Crippen molar-refractivity contribution in [2.45, 2.75) is 31.7 Å². The number of fused-ring (bicyclic) bond motifs is 1. The molecule has 106 valence electrons. The van der Waals surface area contributed by atoms with Crippen LogP contribution in [-0.2, 0) is 4.79 Å². The van der Waals surface area contributed by atoms with Crippen molar-refractivity contribution >= 4 is 16.9 Å². The molecule has 1 saturated heterocycles. The first-order valence-corrected chi connectivity index (χ1v) is 7.30. The first-order chi connectivity index (χ1) is 9.77. The number of aromatic amines is 1. The van der Waals surface area contributed by atoms with Crippen LogP contribution in [0, 0.1) is 0 Å². The third-order valence-electron chi connectivity index (χ3n) is 4.16. The fourth-order valence-electron chi connectivity index (χ4n) is 3.16. The van der Waals surface area contributed by atoms with E-state index in [1.165, 1.54) is 12.8 Å². The lowest BCUT2D eigenvalue weighted by Crippen LogP contribution is -2.34. The van der Waals surface area contributed by atoms with Crippen molar-refractivity contribution < 1.29 is 9.90 Å². The summed E-state index contributed by atoms with van der Waals surface area (Å²) in [5, 5.41) is 10.7. The number of carbonyl (C=O) groups is 1. The van der Waals surface area contributed by atoms with Gasteiger partial charge in [-0.15, -0.1) is 0 Å². The third-order valence-corrected chi connectivity index (χ3v) is 4.16. The first-order valence-electron chi connectivity index (χ1n) is 7.30. The van der Waals surface area contributed by atoms with Gasteiger partial charge < -0.3 is 10.1 Å². The van der Waals surface area contributed by atoms with Gasteiger partial charge >= 0.3 is 5.97 Å². The molecule has 0 unspecified atom stereocenters. The Morgan fingerprint density at radius 3 is 2.55 bits per heavy atom. The van der Waals surface area contributed by atoms with E-state index in [0.717, 1.165) is 42.4 Å². The smallest absolute Gasteiger partial charge is 0.325 e. The topological polar surface area (TPSA) is 56.3 Å². The molecule has 0 bridgehead atoms. The fourth-order valence-corrected chi connectivity index (χ4v) is 3.16. The molecular weight excluding hydrogens is 252 g/mol. The van der Waals surface area contributed by atoms with Gasteiger partial charge in [0.2, 0.25) is 0 Å². The lowest BCUT2D eigenvalue weighted by Gasteiger charge is -2.27. The highest BCUT2D eigenvalue weighted by Gasteiger charge is 2.29. The lowest BCUT2D eigenvalue weighted by molar-refractivity contribution is -0.143. The highest BCUT2D eigenvalue weighted by Crippen LogP contribution is 2.30. The molecule has 3 rings (SSSR count). The van der Waals surface area contributed by atoms with Crippen LogP contribution in [0.25, 0.3) is 10.9 Å². The van der Waals surface area contributed by atoms with Gasteiger partial charge in [0.1, 0.15) is 6.04 Å². The summed E-state index contributed by atoms with van der Waals surface area (Å²) in [6, 6.07) is 7.37. The van der Waals surface area contributed by atoms with E-state index >= 15 is 0 Å². The number of nitrogens with one attached hydrogen (secondary N) is 1. The van der Waals surface area contributed by atoms with Crippen molar-refractivity contribution in [1.82, 2.24) is 9.88 Å². The highest BCUT2D eigenvalue weighted by molar-refractivity contribution is 5.89. The van der Waals surface area contributed by atoms with Crippen molar-refractivity contribution in [3.05, 3.63) is 36.0 Å². The Morgan fingerprint density at radius 1 is 1.15 bits per heavy atom. The summed E-state index contributed by atoms with van der Waals surface area (Å²) in [6.45, 7) is 1.74. The maximum Gasteiger partial charge on any atom is 0.325 e. The van der Waals surface area contributed by atoms with Gasteiger partial charge in [0.05, 0.1) is 0 Å². The van der Waals surface area contributed by atoms with Crippen molar-refractivity contribution in [3.63, 3.8) is 0 Å². The number of hydrogen-bond donors (Lipinski definition) is 2. The van der Waals surface area contributed by atoms with Gasteiger partial charge in [0.15, 0.2) is 0 Å². The van der Waals surface area contributed by atoms with Gasteiger partial charge in [-0.1, -0.05) is 31.0 Å². The van der Waals surface area contributed by atoms with E-state index in [9.17, 15) is 9.90 Å². The molecule has 1 aromatic heterocycles. The largest absolute Gasteiger partial charge is 0.480 e. The molecule has 1 atom stereocenters. The number of aliphatic carboxylic acids is 1. The summed E-state index contributed by atoms with van der Waals surface area (Å²) in [6.07, 6.45) is 6.44. The summed E-state index contributed by atoms with van der Waals surface area (Å²) < 4.78 is 0. The first kappa shape index (κ1) is 13.2. The van der Waals surface area contributed by atoms with Crippen molar-refractivity contribution in [3.8, 4) is 0 Å². The summed E-state index contributed by atoms with van der Waals surface area (Å²) in [5.41, 5.74) is 1.89.